The van der Waals surface area contributed by atoms with Crippen LogP contribution < -0.4 is 15.4 Å². The van der Waals surface area contributed by atoms with E-state index in [1.807, 2.05) is 54.0 Å². The van der Waals surface area contributed by atoms with Gasteiger partial charge in [-0.3, -0.25) is 14.7 Å². The number of hydrogen-bond donors (Lipinski definition) is 2. The summed E-state index contributed by atoms with van der Waals surface area (Å²) in [5, 5.41) is 15.0. The van der Waals surface area contributed by atoms with E-state index in [1.165, 1.54) is 11.8 Å². The predicted molar refractivity (Wildman–Crippen MR) is 133 cm³/mol. The van der Waals surface area contributed by atoms with E-state index >= 15 is 0 Å². The molecule has 1 aliphatic carbocycles. The maximum Gasteiger partial charge on any atom is 0.321 e. The lowest BCUT2D eigenvalue weighted by molar-refractivity contribution is -0.117. The van der Waals surface area contributed by atoms with Gasteiger partial charge in [0.1, 0.15) is 5.75 Å². The normalized spacial score (nSPS) is 13.6. The van der Waals surface area contributed by atoms with Crippen molar-refractivity contribution in [2.45, 2.75) is 43.8 Å². The van der Waals surface area contributed by atoms with Gasteiger partial charge in [0.2, 0.25) is 5.91 Å². The van der Waals surface area contributed by atoms with Crippen LogP contribution in [0.3, 0.4) is 0 Å². The molecule has 3 aromatic rings. The van der Waals surface area contributed by atoms with Gasteiger partial charge >= 0.3 is 6.03 Å². The molecule has 10 heteroatoms. The molecule has 0 atom stereocenters. The first-order valence-corrected chi connectivity index (χ1v) is 12.6. The molecule has 3 amide bonds. The topological polar surface area (TPSA) is 98.1 Å². The van der Waals surface area contributed by atoms with E-state index in [4.69, 9.17) is 16.3 Å². The maximum atomic E-state index is 12.4. The number of aromatic nitrogens is 3. The minimum atomic E-state index is -0.456. The Morgan fingerprint density at radius 2 is 1.85 bits per heavy atom. The zero-order chi connectivity index (χ0) is 23.9. The molecule has 1 fully saturated rings. The largest absolute Gasteiger partial charge is 0.494 e. The van der Waals surface area contributed by atoms with Crippen LogP contribution in [-0.4, -0.2) is 45.1 Å². The molecule has 178 valence electrons. The number of rotatable bonds is 8. The summed E-state index contributed by atoms with van der Waals surface area (Å²) in [6.07, 6.45) is 4.10. The Hall–Kier alpha value is -3.04. The third-order valence-corrected chi connectivity index (χ3v) is 6.69. The molecule has 1 aromatic heterocycles. The van der Waals surface area contributed by atoms with Crippen LogP contribution in [0.4, 0.5) is 4.79 Å². The van der Waals surface area contributed by atoms with Crippen LogP contribution >= 0.6 is 23.4 Å². The van der Waals surface area contributed by atoms with Crippen molar-refractivity contribution in [2.75, 3.05) is 12.4 Å². The van der Waals surface area contributed by atoms with Gasteiger partial charge in [-0.05, 0) is 56.2 Å². The molecule has 1 aliphatic rings. The number of nitrogens with one attached hydrogen (secondary N) is 2. The summed E-state index contributed by atoms with van der Waals surface area (Å²) in [5.74, 6) is 0.911. The summed E-state index contributed by atoms with van der Waals surface area (Å²) in [4.78, 5) is 24.5. The number of carbonyl (C=O) groups is 2. The van der Waals surface area contributed by atoms with Gasteiger partial charge in [0.15, 0.2) is 11.0 Å². The van der Waals surface area contributed by atoms with E-state index in [0.29, 0.717) is 22.6 Å². The highest BCUT2D eigenvalue weighted by Crippen LogP contribution is 2.32. The number of halogens is 1. The van der Waals surface area contributed by atoms with Crippen LogP contribution in [0.15, 0.2) is 53.7 Å². The monoisotopic (exact) mass is 499 g/mol. The van der Waals surface area contributed by atoms with Crippen molar-refractivity contribution in [1.29, 1.82) is 0 Å². The number of nitrogens with zero attached hydrogens (tertiary/aromatic N) is 3. The fourth-order valence-electron chi connectivity index (χ4n) is 3.86. The number of imide groups is 1. The fraction of sp³-hybridized carbons (Fsp3) is 0.333. The summed E-state index contributed by atoms with van der Waals surface area (Å²) < 4.78 is 7.39. The van der Waals surface area contributed by atoms with Gasteiger partial charge < -0.3 is 10.1 Å². The highest BCUT2D eigenvalue weighted by Gasteiger charge is 2.21. The number of benzene rings is 2. The Bertz CT molecular complexity index is 1150. The standard InChI is InChI=1S/C24H26ClN5O3S/c1-2-33-18-13-11-17(12-14-18)30-22(19-9-5-6-10-20(19)25)28-29-24(30)34-15-21(31)27-23(32)26-16-7-3-4-8-16/h5-6,9-14,16H,2-4,7-8,15H2,1H3,(H2,26,27,31,32). The second kappa shape index (κ2) is 11.4. The second-order valence-corrected chi connectivity index (χ2v) is 9.19. The van der Waals surface area contributed by atoms with Crippen molar-refractivity contribution in [3.05, 3.63) is 53.6 Å². The molecule has 0 bridgehead atoms. The Kier molecular flexibility index (Phi) is 8.08. The Morgan fingerprint density at radius 1 is 1.12 bits per heavy atom. The second-order valence-electron chi connectivity index (χ2n) is 7.84. The highest BCUT2D eigenvalue weighted by atomic mass is 35.5. The Balaban J connectivity index is 1.53. The number of amides is 3. The Morgan fingerprint density at radius 3 is 2.56 bits per heavy atom. The van der Waals surface area contributed by atoms with Gasteiger partial charge in [0.25, 0.3) is 0 Å². The van der Waals surface area contributed by atoms with Crippen LogP contribution in [0.25, 0.3) is 17.1 Å². The van der Waals surface area contributed by atoms with Gasteiger partial charge in [-0.25, -0.2) is 4.79 Å². The van der Waals surface area contributed by atoms with Crippen LogP contribution in [0.1, 0.15) is 32.6 Å². The van der Waals surface area contributed by atoms with E-state index in [9.17, 15) is 9.59 Å². The minimum absolute atomic E-state index is 0.00969. The summed E-state index contributed by atoms with van der Waals surface area (Å²) in [5.41, 5.74) is 1.52. The van der Waals surface area contributed by atoms with E-state index in [2.05, 4.69) is 20.8 Å². The molecule has 8 nitrogen and oxygen atoms in total. The number of hydrogen-bond acceptors (Lipinski definition) is 6. The van der Waals surface area contributed by atoms with Crippen LogP contribution in [0, 0.1) is 0 Å². The van der Waals surface area contributed by atoms with Crippen molar-refractivity contribution in [1.82, 2.24) is 25.4 Å². The summed E-state index contributed by atoms with van der Waals surface area (Å²) in [6, 6.07) is 14.6. The zero-order valence-electron chi connectivity index (χ0n) is 18.8. The molecule has 0 saturated heterocycles. The van der Waals surface area contributed by atoms with Gasteiger partial charge in [0.05, 0.1) is 17.4 Å². The molecule has 0 aliphatic heterocycles. The fourth-order valence-corrected chi connectivity index (χ4v) is 4.83. The van der Waals surface area contributed by atoms with Crippen LogP contribution in [-0.2, 0) is 4.79 Å². The van der Waals surface area contributed by atoms with Gasteiger partial charge in [-0.1, -0.05) is 48.3 Å². The summed E-state index contributed by atoms with van der Waals surface area (Å²) in [6.45, 7) is 2.50. The van der Waals surface area contributed by atoms with Crippen molar-refractivity contribution in [3.8, 4) is 22.8 Å². The molecule has 2 N–H and O–H groups in total. The quantitative estimate of drug-likeness (QED) is 0.430. The van der Waals surface area contributed by atoms with Crippen molar-refractivity contribution in [3.63, 3.8) is 0 Å². The molecule has 34 heavy (non-hydrogen) atoms. The SMILES string of the molecule is CCOc1ccc(-n2c(SCC(=O)NC(=O)NC3CCCC3)nnc2-c2ccccc2Cl)cc1. The minimum Gasteiger partial charge on any atom is -0.494 e. The number of carbonyl (C=O) groups excluding carboxylic acids is 2. The average Bonchev–Trinajstić information content (AvgIpc) is 3.49. The smallest absolute Gasteiger partial charge is 0.321 e. The van der Waals surface area contributed by atoms with Crippen molar-refractivity contribution >= 4 is 35.3 Å². The lowest BCUT2D eigenvalue weighted by Gasteiger charge is -2.13. The maximum absolute atomic E-state index is 12.4. The van der Waals surface area contributed by atoms with Crippen LogP contribution in [0.5, 0.6) is 5.75 Å². The molecule has 0 unspecified atom stereocenters. The number of urea groups is 1. The van der Waals surface area contributed by atoms with Crippen molar-refractivity contribution < 1.29 is 14.3 Å². The first kappa shape index (κ1) is 24.1. The summed E-state index contributed by atoms with van der Waals surface area (Å²) >= 11 is 7.63. The average molecular weight is 500 g/mol. The molecule has 4 rings (SSSR count). The third-order valence-electron chi connectivity index (χ3n) is 5.43. The molecule has 0 spiro atoms. The van der Waals surface area contributed by atoms with Crippen LogP contribution in [0.2, 0.25) is 5.02 Å². The van der Waals surface area contributed by atoms with E-state index in [1.54, 1.807) is 6.07 Å². The lowest BCUT2D eigenvalue weighted by Crippen LogP contribution is -2.44. The molecule has 1 saturated carbocycles. The predicted octanol–water partition coefficient (Wildman–Crippen LogP) is 4.85. The van der Waals surface area contributed by atoms with Gasteiger partial charge in [0, 0.05) is 17.3 Å². The summed E-state index contributed by atoms with van der Waals surface area (Å²) in [7, 11) is 0. The van der Waals surface area contributed by atoms with Gasteiger partial charge in [-0.2, -0.15) is 0 Å². The Labute approximate surface area is 207 Å². The van der Waals surface area contributed by atoms with E-state index in [0.717, 1.165) is 42.7 Å². The molecule has 1 heterocycles. The van der Waals surface area contributed by atoms with Gasteiger partial charge in [-0.15, -0.1) is 10.2 Å². The number of thioether (sulfide) groups is 1. The molecule has 0 radical (unpaired) electrons. The first-order valence-electron chi connectivity index (χ1n) is 11.2. The molecular weight excluding hydrogens is 474 g/mol. The first-order chi connectivity index (χ1) is 16.5. The lowest BCUT2D eigenvalue weighted by atomic mass is 10.2. The van der Waals surface area contributed by atoms with E-state index in [-0.39, 0.29) is 11.8 Å². The van der Waals surface area contributed by atoms with E-state index < -0.39 is 11.9 Å². The third kappa shape index (κ3) is 5.90. The molecular formula is C24H26ClN5O3S. The number of ether oxygens (including phenoxy) is 1. The molecule has 2 aromatic carbocycles. The zero-order valence-corrected chi connectivity index (χ0v) is 20.4. The highest BCUT2D eigenvalue weighted by molar-refractivity contribution is 7.99. The van der Waals surface area contributed by atoms with Crippen molar-refractivity contribution in [2.24, 2.45) is 0 Å².